The zero-order valence-electron chi connectivity index (χ0n) is 15.0. The highest BCUT2D eigenvalue weighted by atomic mass is 31.0. The number of likely N-dealkylation sites (N-methyl/N-ethyl adjacent to an activating group) is 3. The highest BCUT2D eigenvalue weighted by Gasteiger charge is 2.16. The summed E-state index contributed by atoms with van der Waals surface area (Å²) in [6, 6.07) is 0.352. The van der Waals surface area contributed by atoms with Crippen LogP contribution in [0.1, 0.15) is 21.3 Å². The number of hydrogen-bond donors (Lipinski definition) is 3. The lowest BCUT2D eigenvalue weighted by Crippen LogP contribution is -2.42. The van der Waals surface area contributed by atoms with Crippen molar-refractivity contribution in [3.05, 3.63) is 0 Å². The Kier molecular flexibility index (Phi) is 18.2. The van der Waals surface area contributed by atoms with E-state index in [-0.39, 0.29) is 31.7 Å². The molecule has 138 valence electrons. The van der Waals surface area contributed by atoms with Gasteiger partial charge in [0, 0.05) is 25.2 Å². The molecule has 3 N–H and O–H groups in total. The first-order valence-corrected chi connectivity index (χ1v) is 7.88. The van der Waals surface area contributed by atoms with Crippen molar-refractivity contribution in [2.75, 3.05) is 55.4 Å². The molecule has 1 unspecified atom stereocenters. The normalized spacial score (nSPS) is 16.6. The average Bonchev–Trinajstić information content (AvgIpc) is 2.35. The Morgan fingerprint density at radius 2 is 1.23 bits per heavy atom. The molecule has 0 bridgehead atoms. The zero-order chi connectivity index (χ0) is 17.2. The van der Waals surface area contributed by atoms with Crippen molar-refractivity contribution in [1.29, 1.82) is 0 Å². The van der Waals surface area contributed by atoms with Gasteiger partial charge in [0.1, 0.15) is 0 Å². The summed E-state index contributed by atoms with van der Waals surface area (Å²) in [5.74, 6) is 0. The molecule has 0 aliphatic carbocycles. The lowest BCUT2D eigenvalue weighted by molar-refractivity contribution is 0.0635. The minimum absolute atomic E-state index is 0. The highest BCUT2D eigenvalue weighted by molar-refractivity contribution is 7.13. The summed E-state index contributed by atoms with van der Waals surface area (Å²) in [4.78, 5) is 5.97. The fourth-order valence-corrected chi connectivity index (χ4v) is 1.74. The van der Waals surface area contributed by atoms with Crippen LogP contribution < -0.4 is 5.09 Å². The molecular weight excluding hydrogens is 299 g/mol. The number of nitrogens with one attached hydrogen (secondary N) is 1. The first-order valence-electron chi connectivity index (χ1n) is 7.31. The maximum absolute atomic E-state index is 9.58. The highest BCUT2D eigenvalue weighted by Crippen LogP contribution is 1.99. The molecule has 0 aliphatic heterocycles. The summed E-state index contributed by atoms with van der Waals surface area (Å²) in [5.41, 5.74) is 0. The fourth-order valence-electron chi connectivity index (χ4n) is 1.51. The van der Waals surface area contributed by atoms with Crippen molar-refractivity contribution >= 4 is 9.39 Å². The summed E-state index contributed by atoms with van der Waals surface area (Å²) < 4.78 is 0. The predicted octanol–water partition coefficient (Wildman–Crippen LogP) is 0.172. The molecule has 22 heavy (non-hydrogen) atoms. The van der Waals surface area contributed by atoms with E-state index in [9.17, 15) is 10.2 Å². The minimum Gasteiger partial charge on any atom is -0.390 e. The first kappa shape index (κ1) is 27.1. The second-order valence-electron chi connectivity index (χ2n) is 6.32. The molecule has 0 spiro atoms. The van der Waals surface area contributed by atoms with Gasteiger partial charge in [0.2, 0.25) is 0 Å². The van der Waals surface area contributed by atoms with Crippen LogP contribution in [0.25, 0.3) is 0 Å². The standard InChI is InChI=1S/C8H20N2O.C6H17N2OP.CH4/c1-7(10(4)5)8(11)6-9(2)3;1-5(7-10)6(9)4-8(2)3;/h7-8,11H,6H2,1-5H3;5-7,9H,4,10H2,1-3H3;1H4/t7-,8+;5-,6+;/m00./s1. The Bertz CT molecular complexity index is 244. The van der Waals surface area contributed by atoms with Crippen LogP contribution in [0.5, 0.6) is 0 Å². The smallest absolute Gasteiger partial charge is 0.0819 e. The minimum atomic E-state index is -0.299. The van der Waals surface area contributed by atoms with Gasteiger partial charge in [-0.3, -0.25) is 5.09 Å². The van der Waals surface area contributed by atoms with Crippen molar-refractivity contribution in [2.24, 2.45) is 0 Å². The summed E-state index contributed by atoms with van der Waals surface area (Å²) in [7, 11) is 14.2. The molecule has 7 heteroatoms. The summed E-state index contributed by atoms with van der Waals surface area (Å²) in [5, 5.41) is 21.9. The van der Waals surface area contributed by atoms with E-state index in [1.165, 1.54) is 0 Å². The number of hydrogen-bond acceptors (Lipinski definition) is 6. The molecule has 0 aromatic heterocycles. The molecule has 0 fully saturated rings. The molecule has 0 saturated carbocycles. The van der Waals surface area contributed by atoms with Crippen LogP contribution in [-0.4, -0.2) is 105 Å². The summed E-state index contributed by atoms with van der Waals surface area (Å²) >= 11 is 0. The third-order valence-electron chi connectivity index (χ3n) is 3.32. The number of aliphatic hydroxyl groups excluding tert-OH is 2. The molecule has 0 amide bonds. The number of rotatable bonds is 8. The molecule has 5 atom stereocenters. The molecule has 0 saturated heterocycles. The quantitative estimate of drug-likeness (QED) is 0.548. The predicted molar refractivity (Wildman–Crippen MR) is 101 cm³/mol. The van der Waals surface area contributed by atoms with Gasteiger partial charge in [-0.25, -0.2) is 0 Å². The van der Waals surface area contributed by atoms with Gasteiger partial charge in [-0.2, -0.15) is 0 Å². The third-order valence-corrected chi connectivity index (χ3v) is 3.84. The first-order chi connectivity index (χ1) is 9.52. The Labute approximate surface area is 141 Å². The van der Waals surface area contributed by atoms with Gasteiger partial charge in [0.25, 0.3) is 0 Å². The van der Waals surface area contributed by atoms with Gasteiger partial charge in [0.05, 0.1) is 12.2 Å². The lowest BCUT2D eigenvalue weighted by Gasteiger charge is -2.27. The number of aliphatic hydroxyl groups is 2. The molecule has 0 aromatic carbocycles. The van der Waals surface area contributed by atoms with Crippen molar-refractivity contribution < 1.29 is 10.2 Å². The van der Waals surface area contributed by atoms with E-state index in [1.807, 2.05) is 70.8 Å². The maximum Gasteiger partial charge on any atom is 0.0819 e. The monoisotopic (exact) mass is 340 g/mol. The van der Waals surface area contributed by atoms with E-state index < -0.39 is 0 Å². The lowest BCUT2D eigenvalue weighted by atomic mass is 10.1. The summed E-state index contributed by atoms with van der Waals surface area (Å²) in [6.07, 6.45) is -0.563. The van der Waals surface area contributed by atoms with Crippen LogP contribution in [0.2, 0.25) is 0 Å². The van der Waals surface area contributed by atoms with Crippen molar-refractivity contribution in [3.63, 3.8) is 0 Å². The van der Waals surface area contributed by atoms with Crippen LogP contribution in [0, 0.1) is 0 Å². The molecule has 0 aliphatic rings. The van der Waals surface area contributed by atoms with E-state index >= 15 is 0 Å². The molecule has 0 radical (unpaired) electrons. The Morgan fingerprint density at radius 3 is 1.50 bits per heavy atom. The average molecular weight is 340 g/mol. The van der Waals surface area contributed by atoms with Gasteiger partial charge in [-0.15, -0.1) is 0 Å². The van der Waals surface area contributed by atoms with Crippen molar-refractivity contribution in [2.45, 2.75) is 45.6 Å². The molecular formula is C15H41N4O2P. The Balaban J connectivity index is -0.000000315. The van der Waals surface area contributed by atoms with Gasteiger partial charge in [0.15, 0.2) is 0 Å². The maximum atomic E-state index is 9.58. The zero-order valence-corrected chi connectivity index (χ0v) is 16.2. The molecule has 6 nitrogen and oxygen atoms in total. The SMILES string of the molecule is C.C[C@@H]([C@H](O)CN(C)C)N(C)C.C[C@H](NP)[C@H](O)CN(C)C. The fraction of sp³-hybridized carbons (Fsp3) is 1.00. The van der Waals surface area contributed by atoms with E-state index in [4.69, 9.17) is 0 Å². The van der Waals surface area contributed by atoms with E-state index in [0.29, 0.717) is 6.54 Å². The molecule has 0 rings (SSSR count). The molecule has 0 heterocycles. The van der Waals surface area contributed by atoms with Crippen LogP contribution in [0.15, 0.2) is 0 Å². The second kappa shape index (κ2) is 14.8. The van der Waals surface area contributed by atoms with E-state index in [1.54, 1.807) is 0 Å². The summed E-state index contributed by atoms with van der Waals surface area (Å²) in [6.45, 7) is 5.39. The van der Waals surface area contributed by atoms with Crippen LogP contribution in [0.4, 0.5) is 0 Å². The van der Waals surface area contributed by atoms with Gasteiger partial charge in [-0.05, 0) is 56.1 Å². The van der Waals surface area contributed by atoms with Crippen molar-refractivity contribution in [3.8, 4) is 0 Å². The third kappa shape index (κ3) is 15.1. The van der Waals surface area contributed by atoms with E-state index in [2.05, 4.69) is 14.5 Å². The molecule has 0 aromatic rings. The van der Waals surface area contributed by atoms with Crippen LogP contribution >= 0.6 is 9.39 Å². The topological polar surface area (TPSA) is 62.2 Å². The van der Waals surface area contributed by atoms with Crippen molar-refractivity contribution in [1.82, 2.24) is 19.8 Å². The van der Waals surface area contributed by atoms with Crippen LogP contribution in [-0.2, 0) is 0 Å². The van der Waals surface area contributed by atoms with Gasteiger partial charge in [-0.1, -0.05) is 16.8 Å². The Morgan fingerprint density at radius 1 is 0.864 bits per heavy atom. The van der Waals surface area contributed by atoms with E-state index in [0.717, 1.165) is 6.54 Å². The number of nitrogens with zero attached hydrogens (tertiary/aromatic N) is 3. The van der Waals surface area contributed by atoms with Gasteiger partial charge >= 0.3 is 0 Å². The van der Waals surface area contributed by atoms with Gasteiger partial charge < -0.3 is 24.9 Å². The largest absolute Gasteiger partial charge is 0.390 e. The Hall–Kier alpha value is 0.190. The van der Waals surface area contributed by atoms with Crippen LogP contribution in [0.3, 0.4) is 0 Å². The second-order valence-corrected chi connectivity index (χ2v) is 6.65.